The molecule has 2 aromatic carbocycles. The normalized spacial score (nSPS) is 12.1. The Morgan fingerprint density at radius 1 is 1.07 bits per heavy atom. The molecule has 2 rings (SSSR count). The van der Waals surface area contributed by atoms with Crippen molar-refractivity contribution in [1.82, 2.24) is 4.72 Å². The van der Waals surface area contributed by atoms with Gasteiger partial charge in [0.25, 0.3) is 5.91 Å². The van der Waals surface area contributed by atoms with E-state index in [2.05, 4.69) is 0 Å². The number of ether oxygens (including phenoxy) is 1. The minimum atomic E-state index is -4.62. The molecule has 0 spiro atoms. The van der Waals surface area contributed by atoms with Gasteiger partial charge in [-0.3, -0.25) is 4.79 Å². The Balaban J connectivity index is 2.16. The number of halogens is 4. The van der Waals surface area contributed by atoms with E-state index in [1.54, 1.807) is 0 Å². The highest BCUT2D eigenvalue weighted by atomic mass is 35.5. The van der Waals surface area contributed by atoms with Crippen molar-refractivity contribution in [2.75, 3.05) is 0 Å². The van der Waals surface area contributed by atoms with Crippen LogP contribution in [0.5, 0.6) is 11.5 Å². The maximum absolute atomic E-state index is 12.9. The first-order valence-electron chi connectivity index (χ1n) is 7.61. The zero-order chi connectivity index (χ0) is 20.4. The van der Waals surface area contributed by atoms with Gasteiger partial charge in [0.1, 0.15) is 11.5 Å². The predicted octanol–water partition coefficient (Wildman–Crippen LogP) is 4.62. The van der Waals surface area contributed by atoms with E-state index in [9.17, 15) is 26.4 Å². The number of nitrogens with one attached hydrogen (secondary N) is 1. The predicted molar refractivity (Wildman–Crippen MR) is 94.5 cm³/mol. The molecule has 146 valence electrons. The summed E-state index contributed by atoms with van der Waals surface area (Å²) in [5.74, 6) is -0.749. The summed E-state index contributed by atoms with van der Waals surface area (Å²) in [5.41, 5.74) is -0.977. The van der Waals surface area contributed by atoms with Crippen LogP contribution in [0.2, 0.25) is 5.02 Å². The topological polar surface area (TPSA) is 72.5 Å². The Bertz CT molecular complexity index is 942. The molecule has 0 unspecified atom stereocenters. The zero-order valence-electron chi connectivity index (χ0n) is 14.2. The van der Waals surface area contributed by atoms with Crippen LogP contribution in [0.15, 0.2) is 42.5 Å². The monoisotopic (exact) mass is 421 g/mol. The first-order chi connectivity index (χ1) is 12.4. The molecule has 27 heavy (non-hydrogen) atoms. The first-order valence-corrected chi connectivity index (χ1v) is 9.53. The van der Waals surface area contributed by atoms with E-state index in [1.807, 2.05) is 4.72 Å². The maximum Gasteiger partial charge on any atom is 0.417 e. The fraction of sp³-hybridized carbons (Fsp3) is 0.235. The summed E-state index contributed by atoms with van der Waals surface area (Å²) in [6.45, 7) is 2.85. The summed E-state index contributed by atoms with van der Waals surface area (Å²) in [4.78, 5) is 12.0. The van der Waals surface area contributed by atoms with Crippen LogP contribution in [0.4, 0.5) is 13.2 Å². The van der Waals surface area contributed by atoms with Gasteiger partial charge in [-0.2, -0.15) is 13.2 Å². The van der Waals surface area contributed by atoms with Gasteiger partial charge >= 0.3 is 6.18 Å². The number of benzene rings is 2. The van der Waals surface area contributed by atoms with Gasteiger partial charge < -0.3 is 4.74 Å². The summed E-state index contributed by atoms with van der Waals surface area (Å²) in [7, 11) is -3.78. The number of sulfonamides is 1. The van der Waals surface area contributed by atoms with Crippen molar-refractivity contribution in [3.05, 3.63) is 58.6 Å². The molecule has 0 fully saturated rings. The van der Waals surface area contributed by atoms with Gasteiger partial charge in [0, 0.05) is 5.56 Å². The Hall–Kier alpha value is -2.26. The average Bonchev–Trinajstić information content (AvgIpc) is 2.55. The van der Waals surface area contributed by atoms with Gasteiger partial charge in [0.2, 0.25) is 10.0 Å². The van der Waals surface area contributed by atoms with Gasteiger partial charge in [0.15, 0.2) is 0 Å². The van der Waals surface area contributed by atoms with Crippen molar-refractivity contribution in [3.63, 3.8) is 0 Å². The number of rotatable bonds is 5. The van der Waals surface area contributed by atoms with Crippen LogP contribution in [-0.2, 0) is 16.2 Å². The fourth-order valence-corrected chi connectivity index (χ4v) is 2.74. The summed E-state index contributed by atoms with van der Waals surface area (Å²) in [6.07, 6.45) is -4.62. The largest absolute Gasteiger partial charge is 0.457 e. The molecule has 0 radical (unpaired) electrons. The van der Waals surface area contributed by atoms with Crippen LogP contribution >= 0.6 is 11.6 Å². The Morgan fingerprint density at radius 2 is 1.63 bits per heavy atom. The van der Waals surface area contributed by atoms with Crippen molar-refractivity contribution in [2.24, 2.45) is 0 Å². The second-order valence-corrected chi connectivity index (χ2v) is 8.43. The number of carbonyl (C=O) groups excluding carboxylic acids is 1. The summed E-state index contributed by atoms with van der Waals surface area (Å²) >= 11 is 5.55. The van der Waals surface area contributed by atoms with Crippen molar-refractivity contribution in [2.45, 2.75) is 25.3 Å². The third kappa shape index (κ3) is 5.36. The number of alkyl halides is 3. The van der Waals surface area contributed by atoms with E-state index >= 15 is 0 Å². The van der Waals surface area contributed by atoms with Crippen LogP contribution in [0.25, 0.3) is 0 Å². The van der Waals surface area contributed by atoms with E-state index in [1.165, 1.54) is 44.2 Å². The molecule has 0 saturated heterocycles. The number of amides is 1. The second kappa shape index (κ2) is 7.77. The standard InChI is InChI=1S/C17H15ClF3NO4S/c1-10(2)27(24,25)22-16(23)11-3-5-12(6-4-11)26-13-7-8-15(18)14(9-13)17(19,20)21/h3-10H,1-2H3,(H,22,23). The minimum Gasteiger partial charge on any atom is -0.457 e. The average molecular weight is 422 g/mol. The lowest BCUT2D eigenvalue weighted by Crippen LogP contribution is -2.35. The number of hydrogen-bond acceptors (Lipinski definition) is 4. The second-order valence-electron chi connectivity index (χ2n) is 5.79. The smallest absolute Gasteiger partial charge is 0.417 e. The van der Waals surface area contributed by atoms with Crippen molar-refractivity contribution in [1.29, 1.82) is 0 Å². The molecule has 0 bridgehead atoms. The van der Waals surface area contributed by atoms with Crippen molar-refractivity contribution in [3.8, 4) is 11.5 Å². The highest BCUT2D eigenvalue weighted by molar-refractivity contribution is 7.90. The van der Waals surface area contributed by atoms with Gasteiger partial charge in [-0.1, -0.05) is 11.6 Å². The lowest BCUT2D eigenvalue weighted by Gasteiger charge is -2.12. The molecular formula is C17H15ClF3NO4S. The quantitative estimate of drug-likeness (QED) is 0.764. The van der Waals surface area contributed by atoms with Crippen LogP contribution in [0.1, 0.15) is 29.8 Å². The van der Waals surface area contributed by atoms with Gasteiger partial charge in [-0.25, -0.2) is 13.1 Å². The molecule has 0 saturated carbocycles. The van der Waals surface area contributed by atoms with Gasteiger partial charge in [0.05, 0.1) is 15.8 Å². The molecule has 10 heteroatoms. The number of carbonyl (C=O) groups is 1. The number of hydrogen-bond donors (Lipinski definition) is 1. The SMILES string of the molecule is CC(C)S(=O)(=O)NC(=O)c1ccc(Oc2ccc(Cl)c(C(F)(F)F)c2)cc1. The fourth-order valence-electron chi connectivity index (χ4n) is 1.90. The van der Waals surface area contributed by atoms with Crippen LogP contribution < -0.4 is 9.46 Å². The highest BCUT2D eigenvalue weighted by Gasteiger charge is 2.33. The van der Waals surface area contributed by atoms with Crippen molar-refractivity contribution < 1.29 is 31.1 Å². The molecule has 0 aliphatic rings. The molecular weight excluding hydrogens is 407 g/mol. The molecule has 1 N–H and O–H groups in total. The Labute approximate surface area is 159 Å². The van der Waals surface area contributed by atoms with E-state index in [4.69, 9.17) is 16.3 Å². The highest BCUT2D eigenvalue weighted by Crippen LogP contribution is 2.37. The maximum atomic E-state index is 12.9. The molecule has 5 nitrogen and oxygen atoms in total. The van der Waals surface area contributed by atoms with Gasteiger partial charge in [-0.15, -0.1) is 0 Å². The molecule has 1 amide bonds. The van der Waals surface area contributed by atoms with Crippen LogP contribution in [0.3, 0.4) is 0 Å². The van der Waals surface area contributed by atoms with E-state index in [-0.39, 0.29) is 17.1 Å². The van der Waals surface area contributed by atoms with Gasteiger partial charge in [-0.05, 0) is 56.3 Å². The molecule has 0 heterocycles. The van der Waals surface area contributed by atoms with Crippen LogP contribution in [-0.4, -0.2) is 19.6 Å². The third-order valence-electron chi connectivity index (χ3n) is 3.45. The van der Waals surface area contributed by atoms with E-state index in [0.29, 0.717) is 0 Å². The lowest BCUT2D eigenvalue weighted by atomic mass is 10.2. The van der Waals surface area contributed by atoms with E-state index < -0.39 is 37.9 Å². The lowest BCUT2D eigenvalue weighted by molar-refractivity contribution is -0.137. The van der Waals surface area contributed by atoms with Crippen LogP contribution in [0, 0.1) is 0 Å². The van der Waals surface area contributed by atoms with Crippen molar-refractivity contribution >= 4 is 27.5 Å². The Morgan fingerprint density at radius 3 is 2.15 bits per heavy atom. The first kappa shape index (κ1) is 21.0. The van der Waals surface area contributed by atoms with E-state index in [0.717, 1.165) is 12.1 Å². The molecule has 0 aliphatic heterocycles. The summed E-state index contributed by atoms with van der Waals surface area (Å²) in [5, 5.41) is -1.23. The third-order valence-corrected chi connectivity index (χ3v) is 5.49. The Kier molecular flexibility index (Phi) is 6.06. The molecule has 0 aromatic heterocycles. The molecule has 2 aromatic rings. The summed E-state index contributed by atoms with van der Waals surface area (Å²) < 4.78 is 69.3. The molecule has 0 aliphatic carbocycles. The molecule has 0 atom stereocenters. The zero-order valence-corrected chi connectivity index (χ0v) is 15.7. The minimum absolute atomic E-state index is 0.0543. The summed E-state index contributed by atoms with van der Waals surface area (Å²) in [6, 6.07) is 8.35.